The molecule has 2 amide bonds. The maximum absolute atomic E-state index is 13.4. The second-order valence-corrected chi connectivity index (χ2v) is 8.85. The van der Waals surface area contributed by atoms with Gasteiger partial charge in [-0.2, -0.15) is 5.10 Å². The van der Waals surface area contributed by atoms with Crippen molar-refractivity contribution < 1.29 is 24.2 Å². The number of ether oxygens (including phenoxy) is 1. The summed E-state index contributed by atoms with van der Waals surface area (Å²) in [5, 5.41) is 14.0. The Morgan fingerprint density at radius 2 is 1.95 bits per heavy atom. The van der Waals surface area contributed by atoms with E-state index in [1.54, 1.807) is 23.2 Å². The molecule has 3 aromatic heterocycles. The third-order valence-corrected chi connectivity index (χ3v) is 6.55. The van der Waals surface area contributed by atoms with Gasteiger partial charge in [-0.05, 0) is 19.1 Å². The summed E-state index contributed by atoms with van der Waals surface area (Å²) in [6, 6.07) is 8.64. The normalized spacial score (nSPS) is 15.7. The number of rotatable bonds is 6. The molecule has 190 valence electrons. The summed E-state index contributed by atoms with van der Waals surface area (Å²) >= 11 is 0. The van der Waals surface area contributed by atoms with Crippen molar-refractivity contribution in [3.63, 3.8) is 0 Å². The van der Waals surface area contributed by atoms with Crippen LogP contribution in [0.2, 0.25) is 0 Å². The molecule has 1 fully saturated rings. The lowest BCUT2D eigenvalue weighted by Gasteiger charge is -2.39. The van der Waals surface area contributed by atoms with Crippen LogP contribution < -0.4 is 4.74 Å². The number of hydrogen-bond acceptors (Lipinski definition) is 7. The minimum atomic E-state index is -0.687. The summed E-state index contributed by atoms with van der Waals surface area (Å²) in [5.74, 6) is -0.717. The van der Waals surface area contributed by atoms with E-state index in [9.17, 15) is 19.5 Å². The zero-order chi connectivity index (χ0) is 26.1. The number of hydrogen-bond donors (Lipinski definition) is 2. The van der Waals surface area contributed by atoms with Crippen LogP contribution in [-0.2, 0) is 11.4 Å². The largest absolute Gasteiger partial charge is 0.494 e. The molecule has 0 unspecified atom stereocenters. The smallest absolute Gasteiger partial charge is 0.295 e. The summed E-state index contributed by atoms with van der Waals surface area (Å²) in [7, 11) is 1.46. The zero-order valence-corrected chi connectivity index (χ0v) is 20.4. The number of amides is 2. The molecule has 0 bridgehead atoms. The molecule has 2 N–H and O–H groups in total. The molecule has 4 heterocycles. The predicted octanol–water partition coefficient (Wildman–Crippen LogP) is 1.81. The Labute approximate surface area is 212 Å². The Balaban J connectivity index is 1.40. The number of fused-ring (bicyclic) bond motifs is 1. The molecular formula is C26H26N6O5. The number of pyridine rings is 1. The highest BCUT2D eigenvalue weighted by molar-refractivity contribution is 6.45. The van der Waals surface area contributed by atoms with Crippen LogP contribution in [0, 0.1) is 0 Å². The minimum Gasteiger partial charge on any atom is -0.494 e. The number of Topliss-reactive ketones (excluding diaryl/α,β-unsaturated/α-hetero) is 1. The molecule has 1 saturated heterocycles. The lowest BCUT2D eigenvalue weighted by molar-refractivity contribution is -0.130. The average molecular weight is 503 g/mol. The molecule has 0 aliphatic carbocycles. The van der Waals surface area contributed by atoms with E-state index in [4.69, 9.17) is 4.74 Å². The first-order valence-corrected chi connectivity index (χ1v) is 11.8. The van der Waals surface area contributed by atoms with Crippen LogP contribution in [0.4, 0.5) is 0 Å². The van der Waals surface area contributed by atoms with Crippen molar-refractivity contribution in [1.29, 1.82) is 0 Å². The van der Waals surface area contributed by atoms with Crippen LogP contribution in [-0.4, -0.2) is 85.0 Å². The lowest BCUT2D eigenvalue weighted by Crippen LogP contribution is -2.56. The summed E-state index contributed by atoms with van der Waals surface area (Å²) in [6.45, 7) is 2.54. The number of ketones is 1. The molecule has 11 heteroatoms. The number of nitrogens with zero attached hydrogens (tertiary/aromatic N) is 5. The second-order valence-electron chi connectivity index (χ2n) is 8.85. The van der Waals surface area contributed by atoms with Crippen LogP contribution >= 0.6 is 0 Å². The van der Waals surface area contributed by atoms with Gasteiger partial charge in [-0.3, -0.25) is 14.4 Å². The van der Waals surface area contributed by atoms with E-state index in [0.717, 1.165) is 0 Å². The van der Waals surface area contributed by atoms with Gasteiger partial charge in [0.05, 0.1) is 42.6 Å². The lowest BCUT2D eigenvalue weighted by atomic mass is 10.1. The number of aliphatic hydroxyl groups is 1. The molecule has 0 saturated carbocycles. The van der Waals surface area contributed by atoms with E-state index in [0.29, 0.717) is 46.7 Å². The van der Waals surface area contributed by atoms with Crippen molar-refractivity contribution in [2.75, 3.05) is 26.7 Å². The molecule has 1 aliphatic rings. The number of aliphatic hydroxyl groups excluding tert-OH is 1. The summed E-state index contributed by atoms with van der Waals surface area (Å²) in [5.41, 5.74) is 1.81. The molecule has 1 aromatic carbocycles. The Bertz CT molecular complexity index is 1480. The van der Waals surface area contributed by atoms with Crippen molar-refractivity contribution in [2.45, 2.75) is 19.6 Å². The van der Waals surface area contributed by atoms with Gasteiger partial charge in [0.15, 0.2) is 5.82 Å². The number of carbonyl (C=O) groups excluding carboxylic acids is 3. The molecule has 11 nitrogen and oxygen atoms in total. The molecule has 37 heavy (non-hydrogen) atoms. The van der Waals surface area contributed by atoms with Gasteiger partial charge in [0.2, 0.25) is 0 Å². The Kier molecular flexibility index (Phi) is 6.45. The van der Waals surface area contributed by atoms with Crippen LogP contribution in [0.3, 0.4) is 0 Å². The van der Waals surface area contributed by atoms with E-state index >= 15 is 0 Å². The van der Waals surface area contributed by atoms with Crippen molar-refractivity contribution in [3.05, 3.63) is 71.8 Å². The fourth-order valence-electron chi connectivity index (χ4n) is 4.62. The first-order chi connectivity index (χ1) is 17.9. The molecule has 1 aliphatic heterocycles. The Morgan fingerprint density at radius 1 is 1.16 bits per heavy atom. The molecular weight excluding hydrogens is 476 g/mol. The molecule has 1 atom stereocenters. The van der Waals surface area contributed by atoms with Crippen LogP contribution in [0.25, 0.3) is 16.7 Å². The van der Waals surface area contributed by atoms with Gasteiger partial charge in [0, 0.05) is 49.2 Å². The monoisotopic (exact) mass is 502 g/mol. The van der Waals surface area contributed by atoms with Gasteiger partial charge in [0.1, 0.15) is 5.75 Å². The fraction of sp³-hybridized carbons (Fsp3) is 0.269. The van der Waals surface area contributed by atoms with Crippen molar-refractivity contribution in [3.8, 4) is 11.6 Å². The second kappa shape index (κ2) is 9.86. The van der Waals surface area contributed by atoms with E-state index in [-0.39, 0.29) is 30.7 Å². The molecule has 0 radical (unpaired) electrons. The highest BCUT2D eigenvalue weighted by Crippen LogP contribution is 2.32. The van der Waals surface area contributed by atoms with Gasteiger partial charge in [-0.25, -0.2) is 9.67 Å². The summed E-state index contributed by atoms with van der Waals surface area (Å²) < 4.78 is 6.93. The maximum atomic E-state index is 13.4. The van der Waals surface area contributed by atoms with Gasteiger partial charge in [0.25, 0.3) is 17.6 Å². The first kappa shape index (κ1) is 24.2. The standard InChI is InChI=1S/C26H26N6O5/c1-16-13-30(25(35)18-6-4-3-5-7-18)8-9-31(16)26(36)23(34)19-11-27-22-21(19)20(37-2)12-28-24(22)32-14-17(15-33)10-29-32/h3-7,10-12,14,16,27,33H,8-9,13,15H2,1-2H3/t16-/m1/s1. The number of carbonyl (C=O) groups is 3. The van der Waals surface area contributed by atoms with Gasteiger partial charge in [-0.15, -0.1) is 0 Å². The van der Waals surface area contributed by atoms with Gasteiger partial charge in [-0.1, -0.05) is 18.2 Å². The first-order valence-electron chi connectivity index (χ1n) is 11.8. The molecule has 5 rings (SSSR count). The number of aromatic nitrogens is 4. The third-order valence-electron chi connectivity index (χ3n) is 6.55. The number of nitrogens with one attached hydrogen (secondary N) is 1. The highest BCUT2D eigenvalue weighted by atomic mass is 16.5. The number of methoxy groups -OCH3 is 1. The summed E-state index contributed by atoms with van der Waals surface area (Å²) in [4.78, 5) is 50.3. The quantitative estimate of drug-likeness (QED) is 0.303. The summed E-state index contributed by atoms with van der Waals surface area (Å²) in [6.07, 6.45) is 6.07. The van der Waals surface area contributed by atoms with Gasteiger partial charge < -0.3 is 24.6 Å². The predicted molar refractivity (Wildman–Crippen MR) is 134 cm³/mol. The number of H-pyrrole nitrogens is 1. The molecule has 4 aromatic rings. The average Bonchev–Trinajstić information content (AvgIpc) is 3.60. The number of benzene rings is 1. The van der Waals surface area contributed by atoms with Crippen molar-refractivity contribution >= 4 is 28.5 Å². The van der Waals surface area contributed by atoms with Crippen molar-refractivity contribution in [1.82, 2.24) is 29.5 Å². The third kappa shape index (κ3) is 4.33. The Hall–Kier alpha value is -4.51. The van der Waals surface area contributed by atoms with E-state index < -0.39 is 11.7 Å². The van der Waals surface area contributed by atoms with Crippen LogP contribution in [0.15, 0.2) is 55.1 Å². The maximum Gasteiger partial charge on any atom is 0.295 e. The minimum absolute atomic E-state index is 0.102. The van der Waals surface area contributed by atoms with E-state index in [2.05, 4.69) is 15.1 Å². The fourth-order valence-corrected chi connectivity index (χ4v) is 4.62. The van der Waals surface area contributed by atoms with Crippen LogP contribution in [0.1, 0.15) is 33.2 Å². The highest BCUT2D eigenvalue weighted by Gasteiger charge is 2.35. The van der Waals surface area contributed by atoms with Crippen LogP contribution in [0.5, 0.6) is 5.75 Å². The number of aromatic amines is 1. The van der Waals surface area contributed by atoms with E-state index in [1.165, 1.54) is 35.3 Å². The van der Waals surface area contributed by atoms with E-state index in [1.807, 2.05) is 25.1 Å². The number of piperazine rings is 1. The van der Waals surface area contributed by atoms with Gasteiger partial charge >= 0.3 is 0 Å². The molecule has 0 spiro atoms. The zero-order valence-electron chi connectivity index (χ0n) is 20.4. The van der Waals surface area contributed by atoms with Crippen molar-refractivity contribution in [2.24, 2.45) is 0 Å². The SMILES string of the molecule is COc1cnc(-n2cc(CO)cn2)c2[nH]cc(C(=O)C(=O)N3CCN(C(=O)c4ccccc4)C[C@H]3C)c12. The topological polar surface area (TPSA) is 134 Å². The Morgan fingerprint density at radius 3 is 2.62 bits per heavy atom.